The van der Waals surface area contributed by atoms with E-state index in [2.05, 4.69) is 0 Å². The molecular formula is C27H28N2O4. The Morgan fingerprint density at radius 3 is 2.58 bits per heavy atom. The Morgan fingerprint density at radius 1 is 1.06 bits per heavy atom. The first-order valence-electron chi connectivity index (χ1n) is 11.0. The maximum atomic E-state index is 13.2. The molecule has 4 rings (SSSR count). The summed E-state index contributed by atoms with van der Waals surface area (Å²) in [5, 5.41) is 0. The third kappa shape index (κ3) is 5.17. The highest BCUT2D eigenvalue weighted by atomic mass is 16.5. The van der Waals surface area contributed by atoms with Crippen LogP contribution in [0.5, 0.6) is 11.5 Å². The van der Waals surface area contributed by atoms with E-state index in [1.807, 2.05) is 61.5 Å². The lowest BCUT2D eigenvalue weighted by Gasteiger charge is -2.23. The van der Waals surface area contributed by atoms with E-state index in [4.69, 9.17) is 9.47 Å². The molecule has 1 aliphatic heterocycles. The SMILES string of the molecule is COc1cccc(C(=O)N2CCOc3ccc(CN(C(C)=O)c4ccc(C)cc4)cc3C2)c1. The van der Waals surface area contributed by atoms with E-state index < -0.39 is 0 Å². The van der Waals surface area contributed by atoms with Crippen molar-refractivity contribution in [1.82, 2.24) is 4.90 Å². The smallest absolute Gasteiger partial charge is 0.254 e. The van der Waals surface area contributed by atoms with Gasteiger partial charge in [-0.15, -0.1) is 0 Å². The second-order valence-corrected chi connectivity index (χ2v) is 8.19. The summed E-state index contributed by atoms with van der Waals surface area (Å²) in [5.74, 6) is 1.32. The van der Waals surface area contributed by atoms with Gasteiger partial charge in [-0.25, -0.2) is 0 Å². The monoisotopic (exact) mass is 444 g/mol. The predicted molar refractivity (Wildman–Crippen MR) is 128 cm³/mol. The number of nitrogens with zero attached hydrogens (tertiary/aromatic N) is 2. The number of hydrogen-bond donors (Lipinski definition) is 0. The second-order valence-electron chi connectivity index (χ2n) is 8.19. The van der Waals surface area contributed by atoms with Crippen LogP contribution < -0.4 is 14.4 Å². The summed E-state index contributed by atoms with van der Waals surface area (Å²) in [5.41, 5.74) is 4.48. The third-order valence-corrected chi connectivity index (χ3v) is 5.78. The van der Waals surface area contributed by atoms with Gasteiger partial charge >= 0.3 is 0 Å². The van der Waals surface area contributed by atoms with Crippen molar-refractivity contribution in [1.29, 1.82) is 0 Å². The Balaban J connectivity index is 1.56. The topological polar surface area (TPSA) is 59.1 Å². The molecule has 170 valence electrons. The molecule has 0 radical (unpaired) electrons. The molecule has 6 nitrogen and oxygen atoms in total. The zero-order valence-corrected chi connectivity index (χ0v) is 19.2. The molecule has 2 amide bonds. The molecule has 0 saturated carbocycles. The lowest BCUT2D eigenvalue weighted by Crippen LogP contribution is -2.32. The lowest BCUT2D eigenvalue weighted by atomic mass is 10.1. The number of carbonyl (C=O) groups excluding carboxylic acids is 2. The van der Waals surface area contributed by atoms with Gasteiger partial charge in [-0.2, -0.15) is 0 Å². The van der Waals surface area contributed by atoms with Gasteiger partial charge < -0.3 is 19.3 Å². The van der Waals surface area contributed by atoms with Crippen LogP contribution in [0.3, 0.4) is 0 Å². The number of rotatable bonds is 5. The summed E-state index contributed by atoms with van der Waals surface area (Å²) in [6, 6.07) is 21.0. The van der Waals surface area contributed by atoms with Crippen LogP contribution in [0.15, 0.2) is 66.7 Å². The van der Waals surface area contributed by atoms with Crippen molar-refractivity contribution >= 4 is 17.5 Å². The number of fused-ring (bicyclic) bond motifs is 1. The number of hydrogen-bond acceptors (Lipinski definition) is 4. The van der Waals surface area contributed by atoms with Gasteiger partial charge in [0, 0.05) is 30.3 Å². The molecule has 3 aromatic rings. The quantitative estimate of drug-likeness (QED) is 0.578. The first kappa shape index (κ1) is 22.4. The summed E-state index contributed by atoms with van der Waals surface area (Å²) in [4.78, 5) is 29.1. The molecule has 0 N–H and O–H groups in total. The maximum absolute atomic E-state index is 13.2. The van der Waals surface area contributed by atoms with E-state index in [9.17, 15) is 9.59 Å². The number of aryl methyl sites for hydroxylation is 1. The molecule has 33 heavy (non-hydrogen) atoms. The first-order chi connectivity index (χ1) is 15.9. The minimum absolute atomic E-state index is 0.0279. The molecule has 0 unspecified atom stereocenters. The number of benzene rings is 3. The Kier molecular flexibility index (Phi) is 6.63. The minimum atomic E-state index is -0.0687. The van der Waals surface area contributed by atoms with E-state index in [-0.39, 0.29) is 11.8 Å². The van der Waals surface area contributed by atoms with E-state index in [0.717, 1.165) is 28.1 Å². The number of methoxy groups -OCH3 is 1. The maximum Gasteiger partial charge on any atom is 0.254 e. The van der Waals surface area contributed by atoms with Gasteiger partial charge in [0.1, 0.15) is 18.1 Å². The van der Waals surface area contributed by atoms with Crippen molar-refractivity contribution in [3.8, 4) is 11.5 Å². The minimum Gasteiger partial charge on any atom is -0.497 e. The average Bonchev–Trinajstić information content (AvgIpc) is 3.04. The van der Waals surface area contributed by atoms with Crippen LogP contribution in [0.1, 0.15) is 34.0 Å². The van der Waals surface area contributed by atoms with E-state index in [0.29, 0.717) is 37.6 Å². The molecule has 3 aromatic carbocycles. The summed E-state index contributed by atoms with van der Waals surface area (Å²) in [7, 11) is 1.59. The van der Waals surface area contributed by atoms with Crippen molar-refractivity contribution in [2.45, 2.75) is 26.9 Å². The van der Waals surface area contributed by atoms with Crippen LogP contribution >= 0.6 is 0 Å². The molecule has 0 aromatic heterocycles. The molecule has 0 saturated heterocycles. The van der Waals surface area contributed by atoms with Gasteiger partial charge in [0.15, 0.2) is 0 Å². The predicted octanol–water partition coefficient (Wildman–Crippen LogP) is 4.59. The zero-order valence-electron chi connectivity index (χ0n) is 19.2. The van der Waals surface area contributed by atoms with Crippen LogP contribution in [0.4, 0.5) is 5.69 Å². The molecule has 1 aliphatic rings. The van der Waals surface area contributed by atoms with Crippen LogP contribution in [-0.2, 0) is 17.9 Å². The zero-order chi connectivity index (χ0) is 23.4. The number of amides is 2. The largest absolute Gasteiger partial charge is 0.497 e. The van der Waals surface area contributed by atoms with Crippen molar-refractivity contribution in [2.24, 2.45) is 0 Å². The van der Waals surface area contributed by atoms with Crippen LogP contribution in [-0.4, -0.2) is 37.0 Å². The van der Waals surface area contributed by atoms with E-state index in [1.54, 1.807) is 36.0 Å². The summed E-state index contributed by atoms with van der Waals surface area (Å²) in [6.07, 6.45) is 0. The fraction of sp³-hybridized carbons (Fsp3) is 0.259. The highest BCUT2D eigenvalue weighted by Gasteiger charge is 2.22. The fourth-order valence-corrected chi connectivity index (χ4v) is 3.95. The van der Waals surface area contributed by atoms with Crippen LogP contribution in [0.2, 0.25) is 0 Å². The Hall–Kier alpha value is -3.80. The normalized spacial score (nSPS) is 12.9. The van der Waals surface area contributed by atoms with Gasteiger partial charge in [-0.1, -0.05) is 29.8 Å². The Bertz CT molecular complexity index is 1160. The average molecular weight is 445 g/mol. The van der Waals surface area contributed by atoms with Gasteiger partial charge in [0.25, 0.3) is 5.91 Å². The number of anilines is 1. The van der Waals surface area contributed by atoms with Gasteiger partial charge in [0.2, 0.25) is 5.91 Å². The molecule has 1 heterocycles. The number of carbonyl (C=O) groups is 2. The first-order valence-corrected chi connectivity index (χ1v) is 11.0. The van der Waals surface area contributed by atoms with Gasteiger partial charge in [-0.05, 0) is 55.0 Å². The van der Waals surface area contributed by atoms with Crippen molar-refractivity contribution < 1.29 is 19.1 Å². The fourth-order valence-electron chi connectivity index (χ4n) is 3.95. The molecule has 0 aliphatic carbocycles. The number of ether oxygens (including phenoxy) is 2. The third-order valence-electron chi connectivity index (χ3n) is 5.78. The Labute approximate surface area is 194 Å². The highest BCUT2D eigenvalue weighted by molar-refractivity contribution is 5.94. The van der Waals surface area contributed by atoms with Gasteiger partial charge in [-0.3, -0.25) is 9.59 Å². The van der Waals surface area contributed by atoms with Crippen LogP contribution in [0.25, 0.3) is 0 Å². The molecule has 6 heteroatoms. The second kappa shape index (κ2) is 9.77. The summed E-state index contributed by atoms with van der Waals surface area (Å²) < 4.78 is 11.2. The standard InChI is InChI=1S/C27H28N2O4/c1-19-7-10-24(11-8-19)29(20(2)30)17-21-9-12-26-23(15-21)18-28(13-14-33-26)27(31)22-5-4-6-25(16-22)32-3/h4-12,15-16H,13-14,17-18H2,1-3H3. The van der Waals surface area contributed by atoms with Gasteiger partial charge in [0.05, 0.1) is 20.2 Å². The highest BCUT2D eigenvalue weighted by Crippen LogP contribution is 2.27. The van der Waals surface area contributed by atoms with Crippen molar-refractivity contribution in [2.75, 3.05) is 25.2 Å². The summed E-state index contributed by atoms with van der Waals surface area (Å²) in [6.45, 7) is 5.38. The van der Waals surface area contributed by atoms with Crippen molar-refractivity contribution in [3.05, 3.63) is 89.0 Å². The Morgan fingerprint density at radius 2 is 1.85 bits per heavy atom. The van der Waals surface area contributed by atoms with E-state index in [1.165, 1.54) is 0 Å². The molecule has 0 bridgehead atoms. The van der Waals surface area contributed by atoms with Crippen LogP contribution in [0, 0.1) is 6.92 Å². The molecule has 0 spiro atoms. The molecule has 0 atom stereocenters. The molecular weight excluding hydrogens is 416 g/mol. The van der Waals surface area contributed by atoms with Crippen molar-refractivity contribution in [3.63, 3.8) is 0 Å². The lowest BCUT2D eigenvalue weighted by molar-refractivity contribution is -0.116. The molecule has 0 fully saturated rings. The summed E-state index contributed by atoms with van der Waals surface area (Å²) >= 11 is 0. The van der Waals surface area contributed by atoms with E-state index >= 15 is 0 Å².